The summed E-state index contributed by atoms with van der Waals surface area (Å²) in [6.45, 7) is 3.64. The fourth-order valence-electron chi connectivity index (χ4n) is 2.07. The summed E-state index contributed by atoms with van der Waals surface area (Å²) in [5, 5.41) is 27.7. The number of methoxy groups -OCH3 is 2. The molecule has 0 fully saturated rings. The van der Waals surface area contributed by atoms with Gasteiger partial charge in [0.05, 0.1) is 25.6 Å². The molecule has 126 valence electrons. The van der Waals surface area contributed by atoms with Crippen LogP contribution in [-0.2, 0) is 0 Å². The van der Waals surface area contributed by atoms with Crippen molar-refractivity contribution in [3.05, 3.63) is 47.5 Å². The molecule has 2 aromatic rings. The Morgan fingerprint density at radius 1 is 0.750 bits per heavy atom. The maximum Gasteiger partial charge on any atom is 0.161 e. The number of nitrogens with zero attached hydrogens (tertiary/aromatic N) is 2. The number of phenols is 2. The minimum atomic E-state index is 0.0740. The van der Waals surface area contributed by atoms with E-state index in [1.165, 1.54) is 14.2 Å². The molecular formula is C18H20N2O4. The van der Waals surface area contributed by atoms with Gasteiger partial charge in [0.2, 0.25) is 0 Å². The second-order valence-corrected chi connectivity index (χ2v) is 5.14. The SMILES string of the molecule is COc1cc(C(C)=NN=C(C)c2ccc(O)c(OC)c2)ccc1O. The topological polar surface area (TPSA) is 83.6 Å². The van der Waals surface area contributed by atoms with Gasteiger partial charge in [0, 0.05) is 11.1 Å². The van der Waals surface area contributed by atoms with Crippen LogP contribution in [0.5, 0.6) is 23.0 Å². The molecule has 0 atom stereocenters. The molecule has 0 saturated carbocycles. The molecule has 0 aliphatic heterocycles. The molecule has 24 heavy (non-hydrogen) atoms. The monoisotopic (exact) mass is 328 g/mol. The van der Waals surface area contributed by atoms with Crippen molar-refractivity contribution in [2.45, 2.75) is 13.8 Å². The fraction of sp³-hybridized carbons (Fsp3) is 0.222. The summed E-state index contributed by atoms with van der Waals surface area (Å²) in [5.41, 5.74) is 2.95. The molecule has 2 N–H and O–H groups in total. The van der Waals surface area contributed by atoms with Crippen molar-refractivity contribution in [3.63, 3.8) is 0 Å². The van der Waals surface area contributed by atoms with Gasteiger partial charge in [0.1, 0.15) is 0 Å². The highest BCUT2D eigenvalue weighted by molar-refractivity contribution is 6.02. The van der Waals surface area contributed by atoms with Crippen molar-refractivity contribution in [2.75, 3.05) is 14.2 Å². The Morgan fingerprint density at radius 2 is 1.12 bits per heavy atom. The summed E-state index contributed by atoms with van der Waals surface area (Å²) in [5.74, 6) is 0.909. The van der Waals surface area contributed by atoms with Crippen LogP contribution in [-0.4, -0.2) is 35.9 Å². The Bertz CT molecular complexity index is 730. The molecule has 0 amide bonds. The number of ether oxygens (including phenoxy) is 2. The minimum Gasteiger partial charge on any atom is -0.504 e. The summed E-state index contributed by atoms with van der Waals surface area (Å²) < 4.78 is 10.2. The average molecular weight is 328 g/mol. The molecule has 6 heteroatoms. The third-order valence-corrected chi connectivity index (χ3v) is 3.54. The molecule has 0 aromatic heterocycles. The maximum absolute atomic E-state index is 9.63. The predicted molar refractivity (Wildman–Crippen MR) is 93.7 cm³/mol. The Kier molecular flexibility index (Phi) is 5.42. The van der Waals surface area contributed by atoms with Crippen molar-refractivity contribution in [1.29, 1.82) is 0 Å². The zero-order valence-corrected chi connectivity index (χ0v) is 14.1. The molecule has 0 unspecified atom stereocenters. The first-order valence-corrected chi connectivity index (χ1v) is 7.30. The fourth-order valence-corrected chi connectivity index (χ4v) is 2.07. The van der Waals surface area contributed by atoms with Gasteiger partial charge < -0.3 is 19.7 Å². The number of hydrogen-bond acceptors (Lipinski definition) is 6. The van der Waals surface area contributed by atoms with Crippen LogP contribution < -0.4 is 9.47 Å². The van der Waals surface area contributed by atoms with Gasteiger partial charge in [0.15, 0.2) is 23.0 Å². The van der Waals surface area contributed by atoms with Gasteiger partial charge in [-0.15, -0.1) is 0 Å². The first-order valence-electron chi connectivity index (χ1n) is 7.30. The second-order valence-electron chi connectivity index (χ2n) is 5.14. The summed E-state index contributed by atoms with van der Waals surface area (Å²) in [6.07, 6.45) is 0. The van der Waals surface area contributed by atoms with Crippen molar-refractivity contribution in [1.82, 2.24) is 0 Å². The van der Waals surface area contributed by atoms with Crippen LogP contribution in [0.3, 0.4) is 0 Å². The highest BCUT2D eigenvalue weighted by Gasteiger charge is 2.06. The largest absolute Gasteiger partial charge is 0.504 e. The molecule has 2 rings (SSSR count). The molecule has 6 nitrogen and oxygen atoms in total. The number of benzene rings is 2. The summed E-state index contributed by atoms with van der Waals surface area (Å²) >= 11 is 0. The zero-order valence-electron chi connectivity index (χ0n) is 14.1. The molecule has 0 aliphatic rings. The van der Waals surface area contributed by atoms with Crippen LogP contribution in [0, 0.1) is 0 Å². The summed E-state index contributed by atoms with van der Waals surface area (Å²) in [6, 6.07) is 9.98. The standard InChI is InChI=1S/C18H20N2O4/c1-11(13-5-7-15(21)17(9-13)23-3)19-20-12(2)14-6-8-16(22)18(10-14)24-4/h5-10,21-22H,1-4H3. The van der Waals surface area contributed by atoms with Crippen molar-refractivity contribution in [3.8, 4) is 23.0 Å². The average Bonchev–Trinajstić information content (AvgIpc) is 2.60. The van der Waals surface area contributed by atoms with Gasteiger partial charge in [-0.25, -0.2) is 0 Å². The number of hydrogen-bond donors (Lipinski definition) is 2. The summed E-state index contributed by atoms with van der Waals surface area (Å²) in [7, 11) is 2.98. The van der Waals surface area contributed by atoms with E-state index in [4.69, 9.17) is 9.47 Å². The highest BCUT2D eigenvalue weighted by Crippen LogP contribution is 2.27. The quantitative estimate of drug-likeness (QED) is 0.651. The van der Waals surface area contributed by atoms with Gasteiger partial charge in [0.25, 0.3) is 0 Å². The molecule has 2 aromatic carbocycles. The Balaban J connectivity index is 2.28. The van der Waals surface area contributed by atoms with E-state index in [0.29, 0.717) is 22.9 Å². The molecule has 0 spiro atoms. The lowest BCUT2D eigenvalue weighted by Crippen LogP contribution is -1.98. The second kappa shape index (κ2) is 7.50. The van der Waals surface area contributed by atoms with Gasteiger partial charge in [-0.05, 0) is 50.2 Å². The lowest BCUT2D eigenvalue weighted by molar-refractivity contribution is 0.373. The Morgan fingerprint density at radius 3 is 1.46 bits per heavy atom. The maximum atomic E-state index is 9.63. The summed E-state index contributed by atoms with van der Waals surface area (Å²) in [4.78, 5) is 0. The first-order chi connectivity index (χ1) is 11.5. The van der Waals surface area contributed by atoms with E-state index in [1.807, 2.05) is 13.8 Å². The van der Waals surface area contributed by atoms with E-state index in [0.717, 1.165) is 11.1 Å². The molecule has 0 radical (unpaired) electrons. The normalized spacial score (nSPS) is 12.2. The number of rotatable bonds is 5. The van der Waals surface area contributed by atoms with Gasteiger partial charge >= 0.3 is 0 Å². The highest BCUT2D eigenvalue weighted by atomic mass is 16.5. The van der Waals surface area contributed by atoms with Gasteiger partial charge in [-0.1, -0.05) is 0 Å². The van der Waals surface area contributed by atoms with Crippen LogP contribution >= 0.6 is 0 Å². The molecule has 0 aliphatic carbocycles. The lowest BCUT2D eigenvalue weighted by Gasteiger charge is -2.07. The van der Waals surface area contributed by atoms with Crippen LogP contribution in [0.2, 0.25) is 0 Å². The van der Waals surface area contributed by atoms with Gasteiger partial charge in [-0.2, -0.15) is 10.2 Å². The third-order valence-electron chi connectivity index (χ3n) is 3.54. The Hall–Kier alpha value is -3.02. The molecule has 0 heterocycles. The predicted octanol–water partition coefficient (Wildman–Crippen LogP) is 3.35. The zero-order chi connectivity index (χ0) is 17.7. The number of aromatic hydroxyl groups is 2. The van der Waals surface area contributed by atoms with Gasteiger partial charge in [-0.3, -0.25) is 0 Å². The molecule has 0 bridgehead atoms. The van der Waals surface area contributed by atoms with Crippen LogP contribution in [0.15, 0.2) is 46.6 Å². The smallest absolute Gasteiger partial charge is 0.161 e. The van der Waals surface area contributed by atoms with Crippen molar-refractivity contribution in [2.24, 2.45) is 10.2 Å². The molecule has 0 saturated heterocycles. The van der Waals surface area contributed by atoms with E-state index in [1.54, 1.807) is 36.4 Å². The third kappa shape index (κ3) is 3.84. The van der Waals surface area contributed by atoms with Crippen LogP contribution in [0.1, 0.15) is 25.0 Å². The van der Waals surface area contributed by atoms with Crippen LogP contribution in [0.4, 0.5) is 0 Å². The van der Waals surface area contributed by atoms with E-state index < -0.39 is 0 Å². The van der Waals surface area contributed by atoms with Crippen molar-refractivity contribution < 1.29 is 19.7 Å². The van der Waals surface area contributed by atoms with E-state index in [-0.39, 0.29) is 11.5 Å². The van der Waals surface area contributed by atoms with E-state index in [2.05, 4.69) is 10.2 Å². The number of phenolic OH excluding ortho intramolecular Hbond substituents is 2. The van der Waals surface area contributed by atoms with Crippen molar-refractivity contribution >= 4 is 11.4 Å². The van der Waals surface area contributed by atoms with E-state index >= 15 is 0 Å². The van der Waals surface area contributed by atoms with Crippen LogP contribution in [0.25, 0.3) is 0 Å². The Labute approximate surface area is 140 Å². The minimum absolute atomic E-state index is 0.0740. The van der Waals surface area contributed by atoms with E-state index in [9.17, 15) is 10.2 Å². The lowest BCUT2D eigenvalue weighted by atomic mass is 10.1. The molecular weight excluding hydrogens is 308 g/mol. The first kappa shape index (κ1) is 17.3.